The van der Waals surface area contributed by atoms with E-state index in [0.29, 0.717) is 6.54 Å². The molecule has 1 aromatic carbocycles. The van der Waals surface area contributed by atoms with Gasteiger partial charge < -0.3 is 14.5 Å². The Morgan fingerprint density at radius 2 is 1.92 bits per heavy atom. The number of non-ortho nitro benzene ring substituents is 1. The van der Waals surface area contributed by atoms with Crippen molar-refractivity contribution < 1.29 is 18.1 Å². The first-order chi connectivity index (χ1) is 12.3. The van der Waals surface area contributed by atoms with Crippen molar-refractivity contribution in [3.05, 3.63) is 28.3 Å². The average molecular weight is 386 g/mol. The predicted octanol–water partition coefficient (Wildman–Crippen LogP) is 0.861. The molecule has 0 N–H and O–H groups in total. The third-order valence-corrected chi connectivity index (χ3v) is 6.49. The molecule has 0 spiro atoms. The van der Waals surface area contributed by atoms with E-state index < -0.39 is 14.9 Å². The Morgan fingerprint density at radius 3 is 2.50 bits per heavy atom. The molecule has 0 saturated carbocycles. The number of rotatable bonds is 8. The van der Waals surface area contributed by atoms with Gasteiger partial charge in [0.1, 0.15) is 10.6 Å². The maximum Gasteiger partial charge on any atom is 0.273 e. The van der Waals surface area contributed by atoms with Gasteiger partial charge in [-0.15, -0.1) is 0 Å². The second-order valence-corrected chi connectivity index (χ2v) is 8.43. The van der Waals surface area contributed by atoms with Gasteiger partial charge in [0, 0.05) is 45.8 Å². The minimum absolute atomic E-state index is 0.0230. The molecule has 0 bridgehead atoms. The number of ether oxygens (including phenoxy) is 1. The van der Waals surface area contributed by atoms with Gasteiger partial charge in [-0.3, -0.25) is 10.1 Å². The molecule has 0 radical (unpaired) electrons. The van der Waals surface area contributed by atoms with Gasteiger partial charge in [-0.05, 0) is 26.1 Å². The second-order valence-electron chi connectivity index (χ2n) is 6.42. The first kappa shape index (κ1) is 20.6. The zero-order valence-electron chi connectivity index (χ0n) is 15.4. The predicted molar refractivity (Wildman–Crippen MR) is 98.0 cm³/mol. The summed E-state index contributed by atoms with van der Waals surface area (Å²) in [4.78, 5) is 14.8. The van der Waals surface area contributed by atoms with Crippen LogP contribution in [0.25, 0.3) is 0 Å². The van der Waals surface area contributed by atoms with Gasteiger partial charge >= 0.3 is 0 Å². The fourth-order valence-electron chi connectivity index (χ4n) is 2.86. The fraction of sp³-hybridized carbons (Fsp3) is 0.625. The molecular weight excluding hydrogens is 360 g/mol. The van der Waals surface area contributed by atoms with Crippen molar-refractivity contribution in [3.8, 4) is 5.75 Å². The molecule has 1 aliphatic heterocycles. The fourth-order valence-corrected chi connectivity index (χ4v) is 4.20. The van der Waals surface area contributed by atoms with Gasteiger partial charge in [-0.25, -0.2) is 12.7 Å². The normalized spacial score (nSPS) is 16.8. The molecule has 0 aromatic heterocycles. The number of sulfonamides is 1. The Hall–Kier alpha value is -1.75. The zero-order valence-corrected chi connectivity index (χ0v) is 16.2. The minimum Gasteiger partial charge on any atom is -0.495 e. The van der Waals surface area contributed by atoms with Gasteiger partial charge in [0.25, 0.3) is 5.69 Å². The highest BCUT2D eigenvalue weighted by Crippen LogP contribution is 2.30. The quantitative estimate of drug-likeness (QED) is 0.483. The number of methoxy groups -OCH3 is 1. The van der Waals surface area contributed by atoms with E-state index in [0.717, 1.165) is 45.2 Å². The maximum atomic E-state index is 12.8. The van der Waals surface area contributed by atoms with Crippen molar-refractivity contribution in [2.75, 3.05) is 60.5 Å². The lowest BCUT2D eigenvalue weighted by molar-refractivity contribution is -0.385. The van der Waals surface area contributed by atoms with E-state index >= 15 is 0 Å². The summed E-state index contributed by atoms with van der Waals surface area (Å²) in [5.41, 5.74) is -0.210. The van der Waals surface area contributed by atoms with Crippen molar-refractivity contribution >= 4 is 15.7 Å². The van der Waals surface area contributed by atoms with Crippen LogP contribution in [0.15, 0.2) is 23.1 Å². The Balaban J connectivity index is 2.01. The maximum absolute atomic E-state index is 12.8. The molecule has 0 atom stereocenters. The van der Waals surface area contributed by atoms with Gasteiger partial charge in [0.2, 0.25) is 10.0 Å². The highest BCUT2D eigenvalue weighted by Gasteiger charge is 2.26. The minimum atomic E-state index is -3.78. The second kappa shape index (κ2) is 8.76. The van der Waals surface area contributed by atoms with Crippen LogP contribution in [0.4, 0.5) is 5.69 Å². The third kappa shape index (κ3) is 4.91. The molecule has 1 heterocycles. The number of nitrogens with zero attached hydrogens (tertiary/aromatic N) is 4. The van der Waals surface area contributed by atoms with E-state index in [1.165, 1.54) is 30.6 Å². The summed E-state index contributed by atoms with van der Waals surface area (Å²) in [6.07, 6.45) is 0.717. The van der Waals surface area contributed by atoms with E-state index in [4.69, 9.17) is 4.74 Å². The molecule has 0 unspecified atom stereocenters. The largest absolute Gasteiger partial charge is 0.495 e. The average Bonchev–Trinajstić information content (AvgIpc) is 2.62. The molecule has 1 aromatic rings. The number of piperazine rings is 1. The number of hydrogen-bond donors (Lipinski definition) is 0. The van der Waals surface area contributed by atoms with Crippen molar-refractivity contribution in [3.63, 3.8) is 0 Å². The summed E-state index contributed by atoms with van der Waals surface area (Å²) in [5, 5.41) is 10.9. The van der Waals surface area contributed by atoms with Crippen LogP contribution in [0.5, 0.6) is 5.75 Å². The van der Waals surface area contributed by atoms with Gasteiger partial charge in [0.05, 0.1) is 18.1 Å². The van der Waals surface area contributed by atoms with E-state index in [-0.39, 0.29) is 16.3 Å². The summed E-state index contributed by atoms with van der Waals surface area (Å²) in [6, 6.07) is 3.53. The van der Waals surface area contributed by atoms with Crippen molar-refractivity contribution in [1.82, 2.24) is 14.1 Å². The summed E-state index contributed by atoms with van der Waals surface area (Å²) in [5.74, 6) is -0.0230. The SMILES string of the molecule is COc1cc([N+](=O)[O-])ccc1S(=O)(=O)N(C)CCCN1CCN(C)CC1. The molecular formula is C16H26N4O5S. The Labute approximate surface area is 154 Å². The first-order valence-electron chi connectivity index (χ1n) is 8.45. The summed E-state index contributed by atoms with van der Waals surface area (Å²) >= 11 is 0. The smallest absolute Gasteiger partial charge is 0.273 e. The highest BCUT2D eigenvalue weighted by molar-refractivity contribution is 7.89. The lowest BCUT2D eigenvalue weighted by Gasteiger charge is -2.32. The highest BCUT2D eigenvalue weighted by atomic mass is 32.2. The molecule has 2 rings (SSSR count). The summed E-state index contributed by atoms with van der Waals surface area (Å²) in [7, 11) is 1.13. The van der Waals surface area contributed by atoms with Gasteiger partial charge in [-0.1, -0.05) is 0 Å². The topological polar surface area (TPSA) is 96.2 Å². The van der Waals surface area contributed by atoms with Crippen molar-refractivity contribution in [1.29, 1.82) is 0 Å². The van der Waals surface area contributed by atoms with Crippen molar-refractivity contribution in [2.24, 2.45) is 0 Å². The lowest BCUT2D eigenvalue weighted by Crippen LogP contribution is -2.45. The Bertz CT molecular complexity index is 732. The van der Waals surface area contributed by atoms with Crippen LogP contribution in [0.1, 0.15) is 6.42 Å². The number of benzene rings is 1. The molecule has 146 valence electrons. The van der Waals surface area contributed by atoms with Crippen LogP contribution < -0.4 is 4.74 Å². The number of nitro benzene ring substituents is 1. The van der Waals surface area contributed by atoms with E-state index in [9.17, 15) is 18.5 Å². The van der Waals surface area contributed by atoms with Crippen LogP contribution in [0.3, 0.4) is 0 Å². The van der Waals surface area contributed by atoms with Crippen LogP contribution in [0, 0.1) is 10.1 Å². The molecule has 26 heavy (non-hydrogen) atoms. The standard InChI is InChI=1S/C16H26N4O5S/c1-17-9-11-19(12-10-17)8-4-7-18(2)26(23,24)16-6-5-14(20(21)22)13-15(16)25-3/h5-6,13H,4,7-12H2,1-3H3. The van der Waals surface area contributed by atoms with Crippen LogP contribution in [0.2, 0.25) is 0 Å². The third-order valence-electron chi connectivity index (χ3n) is 4.59. The van der Waals surface area contributed by atoms with Gasteiger partial charge in [0.15, 0.2) is 0 Å². The summed E-state index contributed by atoms with van der Waals surface area (Å²) < 4.78 is 31.9. The molecule has 1 fully saturated rings. The van der Waals surface area contributed by atoms with E-state index in [1.807, 2.05) is 0 Å². The molecule has 0 amide bonds. The number of likely N-dealkylation sites (N-methyl/N-ethyl adjacent to an activating group) is 1. The number of hydrogen-bond acceptors (Lipinski definition) is 7. The molecule has 10 heteroatoms. The Morgan fingerprint density at radius 1 is 1.27 bits per heavy atom. The molecule has 9 nitrogen and oxygen atoms in total. The zero-order chi connectivity index (χ0) is 19.3. The Kier molecular flexibility index (Phi) is 6.93. The molecule has 1 aliphatic rings. The van der Waals surface area contributed by atoms with Crippen molar-refractivity contribution in [2.45, 2.75) is 11.3 Å². The molecule has 1 saturated heterocycles. The first-order valence-corrected chi connectivity index (χ1v) is 9.89. The molecule has 0 aliphatic carbocycles. The van der Waals surface area contributed by atoms with Gasteiger partial charge in [-0.2, -0.15) is 0 Å². The monoisotopic (exact) mass is 386 g/mol. The van der Waals surface area contributed by atoms with Crippen LogP contribution in [-0.2, 0) is 10.0 Å². The van der Waals surface area contributed by atoms with Crippen LogP contribution in [-0.4, -0.2) is 87.9 Å². The summed E-state index contributed by atoms with van der Waals surface area (Å²) in [6.45, 7) is 5.23. The number of nitro groups is 1. The van der Waals surface area contributed by atoms with E-state index in [2.05, 4.69) is 16.8 Å². The van der Waals surface area contributed by atoms with Crippen LogP contribution >= 0.6 is 0 Å². The lowest BCUT2D eigenvalue weighted by atomic mass is 10.3. The van der Waals surface area contributed by atoms with E-state index in [1.54, 1.807) is 0 Å².